The second kappa shape index (κ2) is 5.07. The van der Waals surface area contributed by atoms with Gasteiger partial charge in [-0.05, 0) is 39.3 Å². The Bertz CT molecular complexity index is 392. The number of phenolic OH excluding ortho intramolecular Hbond substituents is 1. The third kappa shape index (κ3) is 2.45. The Morgan fingerprint density at radius 2 is 2.29 bits per heavy atom. The average Bonchev–Trinajstić information content (AvgIpc) is 2.79. The summed E-state index contributed by atoms with van der Waals surface area (Å²) >= 11 is 0. The van der Waals surface area contributed by atoms with Crippen LogP contribution in [0.4, 0.5) is 0 Å². The first-order valence-electron chi connectivity index (χ1n) is 6.39. The number of nitrogens with zero attached hydrogens (tertiary/aromatic N) is 1. The predicted molar refractivity (Wildman–Crippen MR) is 70.0 cm³/mol. The molecule has 0 aliphatic carbocycles. The van der Waals surface area contributed by atoms with Crippen molar-refractivity contribution in [1.82, 2.24) is 4.90 Å². The summed E-state index contributed by atoms with van der Waals surface area (Å²) in [5, 5.41) is 9.97. The molecule has 1 heterocycles. The van der Waals surface area contributed by atoms with Crippen LogP contribution in [-0.2, 0) is 0 Å². The summed E-state index contributed by atoms with van der Waals surface area (Å²) in [5.41, 5.74) is 8.01. The Kier molecular flexibility index (Phi) is 3.69. The predicted octanol–water partition coefficient (Wildman–Crippen LogP) is 2.18. The third-order valence-electron chi connectivity index (χ3n) is 3.83. The highest BCUT2D eigenvalue weighted by Crippen LogP contribution is 2.33. The number of hydrogen-bond acceptors (Lipinski definition) is 3. The molecule has 2 rings (SSSR count). The van der Waals surface area contributed by atoms with Crippen molar-refractivity contribution < 1.29 is 5.11 Å². The number of hydrogen-bond donors (Lipinski definition) is 2. The van der Waals surface area contributed by atoms with E-state index < -0.39 is 0 Å². The van der Waals surface area contributed by atoms with Crippen molar-refractivity contribution >= 4 is 0 Å². The molecule has 3 nitrogen and oxygen atoms in total. The summed E-state index contributed by atoms with van der Waals surface area (Å²) in [6.07, 6.45) is 2.38. The topological polar surface area (TPSA) is 49.5 Å². The first kappa shape index (κ1) is 12.4. The lowest BCUT2D eigenvalue weighted by atomic mass is 10.0. The molecule has 3 N–H and O–H groups in total. The lowest BCUT2D eigenvalue weighted by molar-refractivity contribution is 0.194. The molecule has 3 heteroatoms. The molecular weight excluding hydrogens is 212 g/mol. The maximum atomic E-state index is 9.97. The minimum absolute atomic E-state index is 0.242. The van der Waals surface area contributed by atoms with Crippen LogP contribution in [0.3, 0.4) is 0 Å². The number of nitrogens with two attached hydrogens (primary N) is 1. The van der Waals surface area contributed by atoms with Crippen LogP contribution in [0.1, 0.15) is 36.9 Å². The summed E-state index contributed by atoms with van der Waals surface area (Å²) in [4.78, 5) is 2.41. The van der Waals surface area contributed by atoms with Crippen molar-refractivity contribution in [2.45, 2.75) is 38.8 Å². The van der Waals surface area contributed by atoms with E-state index in [2.05, 4.69) is 24.8 Å². The lowest BCUT2D eigenvalue weighted by Gasteiger charge is -2.30. The van der Waals surface area contributed by atoms with Crippen molar-refractivity contribution in [3.63, 3.8) is 0 Å². The highest BCUT2D eigenvalue weighted by Gasteiger charge is 2.29. The first-order valence-corrected chi connectivity index (χ1v) is 6.39. The molecule has 1 aliphatic heterocycles. The highest BCUT2D eigenvalue weighted by atomic mass is 16.3. The van der Waals surface area contributed by atoms with Gasteiger partial charge in [0.25, 0.3) is 0 Å². The molecule has 0 spiro atoms. The van der Waals surface area contributed by atoms with E-state index >= 15 is 0 Å². The van der Waals surface area contributed by atoms with E-state index in [1.165, 1.54) is 18.4 Å². The number of aromatic hydroxyl groups is 1. The molecule has 1 aromatic carbocycles. The Balaban J connectivity index is 2.24. The molecule has 94 valence electrons. The van der Waals surface area contributed by atoms with Gasteiger partial charge in [-0.2, -0.15) is 0 Å². The first-order chi connectivity index (χ1) is 8.13. The van der Waals surface area contributed by atoms with Crippen molar-refractivity contribution in [3.8, 4) is 5.75 Å². The minimum atomic E-state index is 0.242. The van der Waals surface area contributed by atoms with Crippen LogP contribution in [0.15, 0.2) is 18.2 Å². The highest BCUT2D eigenvalue weighted by molar-refractivity contribution is 5.37. The summed E-state index contributed by atoms with van der Waals surface area (Å²) in [5.74, 6) is 0.394. The van der Waals surface area contributed by atoms with E-state index in [1.54, 1.807) is 6.07 Å². The Hall–Kier alpha value is -1.06. The summed E-state index contributed by atoms with van der Waals surface area (Å²) in [6.45, 7) is 6.00. The van der Waals surface area contributed by atoms with Crippen molar-refractivity contribution in [1.29, 1.82) is 0 Å². The molecule has 0 aromatic heterocycles. The molecule has 0 amide bonds. The molecule has 17 heavy (non-hydrogen) atoms. The molecule has 1 aliphatic rings. The van der Waals surface area contributed by atoms with Gasteiger partial charge in [-0.3, -0.25) is 4.90 Å². The quantitative estimate of drug-likeness (QED) is 0.843. The largest absolute Gasteiger partial charge is 0.508 e. The number of likely N-dealkylation sites (tertiary alicyclic amines) is 1. The SMILES string of the molecule is Cc1ccc(O)c(C(C)N2CCCC2CN)c1. The molecule has 1 fully saturated rings. The molecule has 0 saturated carbocycles. The van der Waals surface area contributed by atoms with Gasteiger partial charge in [0.2, 0.25) is 0 Å². The van der Waals surface area contributed by atoms with E-state index in [4.69, 9.17) is 5.73 Å². The number of aryl methyl sites for hydroxylation is 1. The van der Waals surface area contributed by atoms with Gasteiger partial charge in [0, 0.05) is 24.2 Å². The van der Waals surface area contributed by atoms with Gasteiger partial charge >= 0.3 is 0 Å². The average molecular weight is 234 g/mol. The molecule has 0 radical (unpaired) electrons. The van der Waals surface area contributed by atoms with Crippen LogP contribution in [0.2, 0.25) is 0 Å². The van der Waals surface area contributed by atoms with Gasteiger partial charge in [-0.25, -0.2) is 0 Å². The van der Waals surface area contributed by atoms with Gasteiger partial charge in [0.1, 0.15) is 5.75 Å². The zero-order chi connectivity index (χ0) is 12.4. The van der Waals surface area contributed by atoms with Crippen molar-refractivity contribution in [2.75, 3.05) is 13.1 Å². The summed E-state index contributed by atoms with van der Waals surface area (Å²) in [6, 6.07) is 6.51. The molecular formula is C14H22N2O. The fourth-order valence-corrected chi connectivity index (χ4v) is 2.81. The Morgan fingerprint density at radius 3 is 3.00 bits per heavy atom. The lowest BCUT2D eigenvalue weighted by Crippen LogP contribution is -2.37. The van der Waals surface area contributed by atoms with E-state index in [0.29, 0.717) is 18.3 Å². The fraction of sp³-hybridized carbons (Fsp3) is 0.571. The molecule has 2 unspecified atom stereocenters. The van der Waals surface area contributed by atoms with E-state index in [9.17, 15) is 5.11 Å². The monoisotopic (exact) mass is 234 g/mol. The Labute approximate surface area is 103 Å². The third-order valence-corrected chi connectivity index (χ3v) is 3.83. The van der Waals surface area contributed by atoms with Crippen LogP contribution >= 0.6 is 0 Å². The fourth-order valence-electron chi connectivity index (χ4n) is 2.81. The maximum absolute atomic E-state index is 9.97. The van der Waals surface area contributed by atoms with Gasteiger partial charge in [0.05, 0.1) is 0 Å². The van der Waals surface area contributed by atoms with Gasteiger partial charge in [-0.1, -0.05) is 17.7 Å². The minimum Gasteiger partial charge on any atom is -0.508 e. The van der Waals surface area contributed by atoms with Crippen molar-refractivity contribution in [3.05, 3.63) is 29.3 Å². The molecule has 1 aromatic rings. The second-order valence-corrected chi connectivity index (χ2v) is 5.01. The summed E-state index contributed by atoms with van der Waals surface area (Å²) in [7, 11) is 0. The van der Waals surface area contributed by atoms with E-state index in [-0.39, 0.29) is 6.04 Å². The number of benzene rings is 1. The van der Waals surface area contributed by atoms with Crippen LogP contribution < -0.4 is 5.73 Å². The second-order valence-electron chi connectivity index (χ2n) is 5.01. The Morgan fingerprint density at radius 1 is 1.53 bits per heavy atom. The molecule has 2 atom stereocenters. The number of phenols is 1. The van der Waals surface area contributed by atoms with Crippen LogP contribution in [0, 0.1) is 6.92 Å². The zero-order valence-corrected chi connectivity index (χ0v) is 10.7. The van der Waals surface area contributed by atoms with Gasteiger partial charge < -0.3 is 10.8 Å². The molecule has 1 saturated heterocycles. The van der Waals surface area contributed by atoms with Crippen LogP contribution in [0.25, 0.3) is 0 Å². The smallest absolute Gasteiger partial charge is 0.120 e. The molecule has 0 bridgehead atoms. The van der Waals surface area contributed by atoms with E-state index in [1.807, 2.05) is 6.07 Å². The van der Waals surface area contributed by atoms with Crippen LogP contribution in [-0.4, -0.2) is 29.1 Å². The number of rotatable bonds is 3. The van der Waals surface area contributed by atoms with E-state index in [0.717, 1.165) is 12.1 Å². The maximum Gasteiger partial charge on any atom is 0.120 e. The van der Waals surface area contributed by atoms with Crippen LogP contribution in [0.5, 0.6) is 5.75 Å². The van der Waals surface area contributed by atoms with Gasteiger partial charge in [-0.15, -0.1) is 0 Å². The zero-order valence-electron chi connectivity index (χ0n) is 10.7. The summed E-state index contributed by atoms with van der Waals surface area (Å²) < 4.78 is 0. The standard InChI is InChI=1S/C14H22N2O/c1-10-5-6-14(17)13(8-10)11(2)16-7-3-4-12(16)9-15/h5-6,8,11-12,17H,3-4,7,9,15H2,1-2H3. The normalized spacial score (nSPS) is 22.9. The van der Waals surface area contributed by atoms with Gasteiger partial charge in [0.15, 0.2) is 0 Å². The van der Waals surface area contributed by atoms with Crippen molar-refractivity contribution in [2.24, 2.45) is 5.73 Å².